The van der Waals surface area contributed by atoms with Gasteiger partial charge in [0.1, 0.15) is 5.60 Å². The molecule has 0 aromatic heterocycles. The molecule has 0 bridgehead atoms. The predicted octanol–water partition coefficient (Wildman–Crippen LogP) is 9.29. The van der Waals surface area contributed by atoms with E-state index in [-0.39, 0.29) is 40.5 Å². The van der Waals surface area contributed by atoms with Crippen molar-refractivity contribution in [1.82, 2.24) is 0 Å². The number of hydrogen-bond acceptors (Lipinski definition) is 3. The number of halogens is 5. The molecule has 0 radical (unpaired) electrons. The van der Waals surface area contributed by atoms with Crippen LogP contribution in [0.2, 0.25) is 10.0 Å². The summed E-state index contributed by atoms with van der Waals surface area (Å²) < 4.78 is 47.4. The van der Waals surface area contributed by atoms with Gasteiger partial charge in [0, 0.05) is 5.02 Å². The Bertz CT molecular complexity index is 1410. The van der Waals surface area contributed by atoms with Gasteiger partial charge >= 0.3 is 12.1 Å². The summed E-state index contributed by atoms with van der Waals surface area (Å²) >= 11 is 12.5. The van der Waals surface area contributed by atoms with Crippen LogP contribution in [0.25, 0.3) is 10.8 Å². The van der Waals surface area contributed by atoms with E-state index in [1.807, 2.05) is 0 Å². The second-order valence-electron chi connectivity index (χ2n) is 11.5. The number of alkyl halides is 3. The van der Waals surface area contributed by atoms with Crippen molar-refractivity contribution in [2.24, 2.45) is 11.8 Å². The third kappa shape index (κ3) is 7.49. The van der Waals surface area contributed by atoms with Gasteiger partial charge in [0.15, 0.2) is 0 Å². The zero-order valence-electron chi connectivity index (χ0n) is 22.7. The van der Waals surface area contributed by atoms with Crippen molar-refractivity contribution in [3.8, 4) is 0 Å². The Labute approximate surface area is 242 Å². The van der Waals surface area contributed by atoms with E-state index in [0.717, 1.165) is 30.7 Å². The second kappa shape index (κ2) is 11.6. The Morgan fingerprint density at radius 1 is 0.950 bits per heavy atom. The molecular weight excluding hydrogens is 562 g/mol. The number of benzene rings is 3. The number of amides is 1. The van der Waals surface area contributed by atoms with Crippen molar-refractivity contribution in [3.63, 3.8) is 0 Å². The molecule has 1 fully saturated rings. The third-order valence-corrected chi connectivity index (χ3v) is 7.72. The highest BCUT2D eigenvalue weighted by Gasteiger charge is 2.45. The third-order valence-electron chi connectivity index (χ3n) is 7.16. The summed E-state index contributed by atoms with van der Waals surface area (Å²) in [6.07, 6.45) is -2.55. The van der Waals surface area contributed by atoms with Gasteiger partial charge in [-0.1, -0.05) is 60.5 Å². The number of esters is 1. The maximum Gasteiger partial charge on any atom is 0.392 e. The molecule has 0 saturated heterocycles. The van der Waals surface area contributed by atoms with Crippen LogP contribution in [-0.4, -0.2) is 23.7 Å². The zero-order chi connectivity index (χ0) is 29.4. The van der Waals surface area contributed by atoms with E-state index in [9.17, 15) is 22.8 Å². The highest BCUT2D eigenvalue weighted by atomic mass is 35.5. The van der Waals surface area contributed by atoms with Crippen LogP contribution in [0.4, 0.5) is 18.9 Å². The monoisotopic (exact) mass is 593 g/mol. The van der Waals surface area contributed by atoms with E-state index < -0.39 is 29.5 Å². The Hall–Kier alpha value is -2.77. The van der Waals surface area contributed by atoms with E-state index in [4.69, 9.17) is 27.9 Å². The van der Waals surface area contributed by atoms with E-state index in [0.29, 0.717) is 10.4 Å². The number of nitrogens with one attached hydrogen (secondary N) is 1. The molecule has 40 heavy (non-hydrogen) atoms. The lowest BCUT2D eigenvalue weighted by Gasteiger charge is -2.26. The molecule has 1 N–H and O–H groups in total. The first-order valence-corrected chi connectivity index (χ1v) is 14.0. The summed E-state index contributed by atoms with van der Waals surface area (Å²) in [4.78, 5) is 26.1. The quantitative estimate of drug-likeness (QED) is 0.265. The Balaban J connectivity index is 1.64. The molecular formula is C31H32Cl2F3NO3. The van der Waals surface area contributed by atoms with Crippen LogP contribution >= 0.6 is 23.2 Å². The molecule has 4 rings (SSSR count). The highest BCUT2D eigenvalue weighted by molar-refractivity contribution is 6.33. The second-order valence-corrected chi connectivity index (χ2v) is 12.4. The summed E-state index contributed by atoms with van der Waals surface area (Å²) in [5.41, 5.74) is 0.580. The maximum absolute atomic E-state index is 14.0. The first-order chi connectivity index (χ1) is 18.6. The van der Waals surface area contributed by atoms with Crippen molar-refractivity contribution in [1.29, 1.82) is 0 Å². The number of fused-ring (bicyclic) bond motifs is 1. The van der Waals surface area contributed by atoms with Gasteiger partial charge < -0.3 is 10.1 Å². The number of anilines is 1. The smallest absolute Gasteiger partial charge is 0.392 e. The molecule has 0 aliphatic heterocycles. The molecule has 3 atom stereocenters. The van der Waals surface area contributed by atoms with Crippen molar-refractivity contribution < 1.29 is 27.5 Å². The van der Waals surface area contributed by atoms with Gasteiger partial charge in [0.05, 0.1) is 29.0 Å². The van der Waals surface area contributed by atoms with Gasteiger partial charge in [-0.25, -0.2) is 0 Å². The summed E-state index contributed by atoms with van der Waals surface area (Å²) in [6.45, 7) is 6.40. The van der Waals surface area contributed by atoms with E-state index in [2.05, 4.69) is 5.32 Å². The fourth-order valence-corrected chi connectivity index (χ4v) is 5.33. The van der Waals surface area contributed by atoms with Crippen molar-refractivity contribution in [2.75, 3.05) is 5.32 Å². The molecule has 9 heteroatoms. The van der Waals surface area contributed by atoms with E-state index >= 15 is 0 Å². The van der Waals surface area contributed by atoms with Crippen molar-refractivity contribution >= 4 is 51.5 Å². The zero-order valence-corrected chi connectivity index (χ0v) is 24.3. The van der Waals surface area contributed by atoms with Gasteiger partial charge in [-0.15, -0.1) is 0 Å². The molecule has 3 aromatic carbocycles. The minimum atomic E-state index is -4.62. The molecule has 0 unspecified atom stereocenters. The Kier molecular flexibility index (Phi) is 8.77. The fraction of sp³-hybridized carbons (Fsp3) is 0.419. The average molecular weight is 595 g/mol. The predicted molar refractivity (Wildman–Crippen MR) is 153 cm³/mol. The van der Waals surface area contributed by atoms with Crippen LogP contribution < -0.4 is 5.32 Å². The van der Waals surface area contributed by atoms with Gasteiger partial charge in [-0.2, -0.15) is 13.2 Å². The van der Waals surface area contributed by atoms with Gasteiger partial charge in [0.2, 0.25) is 5.91 Å². The number of hydrogen-bond donors (Lipinski definition) is 1. The first kappa shape index (κ1) is 30.2. The summed E-state index contributed by atoms with van der Waals surface area (Å²) in [7, 11) is 0. The molecule has 1 aliphatic rings. The van der Waals surface area contributed by atoms with Crippen molar-refractivity contribution in [2.45, 2.75) is 70.6 Å². The minimum Gasteiger partial charge on any atom is -0.460 e. The lowest BCUT2D eigenvalue weighted by atomic mass is 9.84. The van der Waals surface area contributed by atoms with Crippen molar-refractivity contribution in [3.05, 3.63) is 75.8 Å². The molecule has 0 spiro atoms. The minimum absolute atomic E-state index is 0.153. The molecule has 1 amide bonds. The Morgan fingerprint density at radius 2 is 1.57 bits per heavy atom. The lowest BCUT2D eigenvalue weighted by molar-refractivity contribution is -0.178. The van der Waals surface area contributed by atoms with Crippen LogP contribution in [0.3, 0.4) is 0 Å². The molecule has 0 heterocycles. The summed E-state index contributed by atoms with van der Waals surface area (Å²) in [6, 6.07) is 14.9. The van der Waals surface area contributed by atoms with Gasteiger partial charge in [0.25, 0.3) is 0 Å². The van der Waals surface area contributed by atoms with Gasteiger partial charge in [-0.3, -0.25) is 9.59 Å². The molecule has 3 aromatic rings. The van der Waals surface area contributed by atoms with E-state index in [1.165, 1.54) is 6.07 Å². The standard InChI is InChI=1S/C31H32Cl2F3NO3/c1-17(31(34,35)36)28(22-8-7-20-14-23(32)11-9-19(20)13-22)29(39)37-26-15-21(10-12-25(26)33)24(18-5-6-18)16-27(38)40-30(2,3)4/h7-15,17-18,24,28H,5-6,16H2,1-4H3,(H,37,39)/t17-,24+,28+/m1/s1. The molecule has 214 valence electrons. The average Bonchev–Trinajstić information content (AvgIpc) is 3.68. The number of rotatable bonds is 8. The van der Waals surface area contributed by atoms with Crippen LogP contribution in [0.5, 0.6) is 0 Å². The van der Waals surface area contributed by atoms with Crippen LogP contribution in [0.15, 0.2) is 54.6 Å². The SMILES string of the molecule is C[C@H]([C@H](C(=O)Nc1cc([C@@H](CC(=O)OC(C)(C)C)C2CC2)ccc1Cl)c1ccc2cc(Cl)ccc2c1)C(F)(F)F. The molecule has 1 aliphatic carbocycles. The highest BCUT2D eigenvalue weighted by Crippen LogP contribution is 2.46. The summed E-state index contributed by atoms with van der Waals surface area (Å²) in [5, 5.41) is 4.77. The lowest BCUT2D eigenvalue weighted by Crippen LogP contribution is -2.34. The number of carbonyl (C=O) groups is 2. The molecule has 1 saturated carbocycles. The normalized spacial score (nSPS) is 16.3. The molecule has 4 nitrogen and oxygen atoms in total. The topological polar surface area (TPSA) is 55.4 Å². The Morgan fingerprint density at radius 3 is 2.20 bits per heavy atom. The van der Waals surface area contributed by atoms with Gasteiger partial charge in [-0.05, 0) is 91.6 Å². The maximum atomic E-state index is 14.0. The van der Waals surface area contributed by atoms with E-state index in [1.54, 1.807) is 69.3 Å². The van der Waals surface area contributed by atoms with Crippen LogP contribution in [-0.2, 0) is 14.3 Å². The van der Waals surface area contributed by atoms with Crippen LogP contribution in [0, 0.1) is 11.8 Å². The summed E-state index contributed by atoms with van der Waals surface area (Å²) in [5.74, 6) is -4.53. The van der Waals surface area contributed by atoms with Crippen LogP contribution in [0.1, 0.15) is 69.9 Å². The fourth-order valence-electron chi connectivity index (χ4n) is 4.98. The number of ether oxygens (including phenoxy) is 1. The largest absolute Gasteiger partial charge is 0.460 e. The number of carbonyl (C=O) groups excluding carboxylic acids is 2. The first-order valence-electron chi connectivity index (χ1n) is 13.2.